The molecule has 0 fully saturated rings. The quantitative estimate of drug-likeness (QED) is 0.677. The van der Waals surface area contributed by atoms with Crippen LogP contribution in [0, 0.1) is 0 Å². The maximum Gasteiger partial charge on any atom is 0.287 e. The van der Waals surface area contributed by atoms with Gasteiger partial charge in [0.25, 0.3) is 4.82 Å². The predicted octanol–water partition coefficient (Wildman–Crippen LogP) is 3.65. The van der Waals surface area contributed by atoms with Crippen molar-refractivity contribution >= 4 is 43.9 Å². The summed E-state index contributed by atoms with van der Waals surface area (Å²) in [6.45, 7) is 0.483. The molecule has 0 radical (unpaired) electrons. The third-order valence-corrected chi connectivity index (χ3v) is 2.73. The Morgan fingerprint density at radius 1 is 1.50 bits per heavy atom. The van der Waals surface area contributed by atoms with Crippen LogP contribution in [0.15, 0.2) is 12.1 Å². The zero-order valence-electron chi connectivity index (χ0n) is 8.52. The minimum atomic E-state index is -0.250. The highest BCUT2D eigenvalue weighted by Crippen LogP contribution is 2.32. The number of carbonyl (C=O) groups is 1. The first kappa shape index (κ1) is 13.6. The molecule has 0 saturated heterocycles. The zero-order valence-corrected chi connectivity index (χ0v) is 11.6. The van der Waals surface area contributed by atoms with Gasteiger partial charge in [-0.2, -0.15) is 0 Å². The molecule has 0 aliphatic carbocycles. The zero-order chi connectivity index (χ0) is 12.1. The van der Waals surface area contributed by atoms with Crippen molar-refractivity contribution in [2.45, 2.75) is 6.42 Å². The summed E-state index contributed by atoms with van der Waals surface area (Å²) in [6.07, 6.45) is 0.598. The van der Waals surface area contributed by atoms with Gasteiger partial charge in [-0.1, -0.05) is 23.2 Å². The van der Waals surface area contributed by atoms with Crippen molar-refractivity contribution in [3.05, 3.63) is 27.7 Å². The Kier molecular flexibility index (Phi) is 5.38. The Labute approximate surface area is 112 Å². The number of hydrogen-bond acceptors (Lipinski definition) is 2. The molecular weight excluding hydrogens is 317 g/mol. The van der Waals surface area contributed by atoms with Crippen LogP contribution in [0.25, 0.3) is 0 Å². The number of amides is 1. The Morgan fingerprint density at radius 2 is 2.19 bits per heavy atom. The summed E-state index contributed by atoms with van der Waals surface area (Å²) in [4.78, 5) is 10.4. The molecule has 0 spiro atoms. The van der Waals surface area contributed by atoms with Crippen molar-refractivity contribution in [1.29, 1.82) is 0 Å². The van der Waals surface area contributed by atoms with E-state index in [1.807, 2.05) is 0 Å². The van der Waals surface area contributed by atoms with Gasteiger partial charge in [0, 0.05) is 27.5 Å². The van der Waals surface area contributed by atoms with Crippen LogP contribution in [0.1, 0.15) is 5.56 Å². The molecule has 0 aliphatic heterocycles. The van der Waals surface area contributed by atoms with E-state index in [1.165, 1.54) is 0 Å². The summed E-state index contributed by atoms with van der Waals surface area (Å²) in [6, 6.07) is 3.39. The number of benzene rings is 1. The molecule has 0 heterocycles. The molecule has 0 saturated carbocycles. The predicted molar refractivity (Wildman–Crippen MR) is 69.0 cm³/mol. The first-order valence-electron chi connectivity index (χ1n) is 4.50. The maximum atomic E-state index is 10.6. The second-order valence-corrected chi connectivity index (χ2v) is 4.59. The molecule has 6 heteroatoms. The van der Waals surface area contributed by atoms with E-state index in [2.05, 4.69) is 21.2 Å². The molecule has 1 amide bonds. The summed E-state index contributed by atoms with van der Waals surface area (Å²) in [5.74, 6) is 0.592. The van der Waals surface area contributed by atoms with Gasteiger partial charge < -0.3 is 10.1 Å². The summed E-state index contributed by atoms with van der Waals surface area (Å²) in [5, 5.41) is 3.64. The lowest BCUT2D eigenvalue weighted by Crippen LogP contribution is -2.19. The Bertz CT molecular complexity index is 399. The molecule has 88 valence electrons. The average Bonchev–Trinajstić information content (AvgIpc) is 2.16. The lowest BCUT2D eigenvalue weighted by Gasteiger charge is -2.10. The molecule has 1 aromatic carbocycles. The monoisotopic (exact) mass is 325 g/mol. The fraction of sp³-hybridized carbons (Fsp3) is 0.300. The van der Waals surface area contributed by atoms with E-state index in [4.69, 9.17) is 27.9 Å². The fourth-order valence-corrected chi connectivity index (χ4v) is 2.13. The van der Waals surface area contributed by atoms with Gasteiger partial charge >= 0.3 is 0 Å². The van der Waals surface area contributed by atoms with Crippen molar-refractivity contribution in [1.82, 2.24) is 5.32 Å². The van der Waals surface area contributed by atoms with Gasteiger partial charge in [0.1, 0.15) is 5.75 Å². The van der Waals surface area contributed by atoms with Crippen LogP contribution in [0.4, 0.5) is 4.79 Å². The van der Waals surface area contributed by atoms with E-state index in [0.29, 0.717) is 28.8 Å². The van der Waals surface area contributed by atoms with Gasteiger partial charge in [-0.05, 0) is 24.1 Å². The minimum absolute atomic E-state index is 0.250. The Hall–Kier alpha value is -0.450. The third kappa shape index (κ3) is 3.85. The summed E-state index contributed by atoms with van der Waals surface area (Å²) < 4.78 is 5.17. The van der Waals surface area contributed by atoms with Gasteiger partial charge in [0.15, 0.2) is 0 Å². The lowest BCUT2D eigenvalue weighted by atomic mass is 10.1. The van der Waals surface area contributed by atoms with Gasteiger partial charge in [-0.15, -0.1) is 0 Å². The van der Waals surface area contributed by atoms with Crippen LogP contribution in [-0.4, -0.2) is 18.5 Å². The SMILES string of the molecule is COc1c(Cl)cc(Cl)cc1CCNC(=O)Br. The number of rotatable bonds is 4. The van der Waals surface area contributed by atoms with E-state index in [-0.39, 0.29) is 4.82 Å². The maximum absolute atomic E-state index is 10.6. The van der Waals surface area contributed by atoms with E-state index in [0.717, 1.165) is 5.56 Å². The molecule has 0 aromatic heterocycles. The molecule has 1 N–H and O–H groups in total. The molecule has 3 nitrogen and oxygen atoms in total. The van der Waals surface area contributed by atoms with E-state index < -0.39 is 0 Å². The van der Waals surface area contributed by atoms with Gasteiger partial charge in [-0.3, -0.25) is 4.79 Å². The lowest BCUT2D eigenvalue weighted by molar-refractivity contribution is 0.262. The van der Waals surface area contributed by atoms with Gasteiger partial charge in [0.05, 0.1) is 12.1 Å². The second kappa shape index (κ2) is 6.33. The van der Waals surface area contributed by atoms with Crippen LogP contribution >= 0.6 is 39.1 Å². The topological polar surface area (TPSA) is 38.3 Å². The number of ether oxygens (including phenoxy) is 1. The van der Waals surface area contributed by atoms with Crippen LogP contribution in [0.2, 0.25) is 10.0 Å². The summed E-state index contributed by atoms with van der Waals surface area (Å²) >= 11 is 14.6. The van der Waals surface area contributed by atoms with Crippen LogP contribution in [0.5, 0.6) is 5.75 Å². The number of nitrogens with one attached hydrogen (secondary N) is 1. The summed E-state index contributed by atoms with van der Waals surface area (Å²) in [5.41, 5.74) is 0.862. The number of carbonyl (C=O) groups excluding carboxylic acids is 1. The molecular formula is C10H10BrCl2NO2. The Morgan fingerprint density at radius 3 is 2.75 bits per heavy atom. The van der Waals surface area contributed by atoms with E-state index in [1.54, 1.807) is 19.2 Å². The van der Waals surface area contributed by atoms with Crippen LogP contribution in [-0.2, 0) is 6.42 Å². The van der Waals surface area contributed by atoms with E-state index in [9.17, 15) is 4.79 Å². The summed E-state index contributed by atoms with van der Waals surface area (Å²) in [7, 11) is 1.54. The average molecular weight is 327 g/mol. The highest BCUT2D eigenvalue weighted by Gasteiger charge is 2.09. The number of methoxy groups -OCH3 is 1. The van der Waals surface area contributed by atoms with Crippen molar-refractivity contribution in [2.24, 2.45) is 0 Å². The van der Waals surface area contributed by atoms with Crippen LogP contribution in [0.3, 0.4) is 0 Å². The molecule has 0 aliphatic rings. The first-order valence-corrected chi connectivity index (χ1v) is 6.04. The molecule has 0 atom stereocenters. The highest BCUT2D eigenvalue weighted by atomic mass is 79.9. The number of halogens is 3. The van der Waals surface area contributed by atoms with Crippen molar-refractivity contribution in [3.63, 3.8) is 0 Å². The van der Waals surface area contributed by atoms with Crippen molar-refractivity contribution in [3.8, 4) is 5.75 Å². The first-order chi connectivity index (χ1) is 7.54. The minimum Gasteiger partial charge on any atom is -0.495 e. The molecule has 1 aromatic rings. The van der Waals surface area contributed by atoms with Gasteiger partial charge in [0.2, 0.25) is 0 Å². The Balaban J connectivity index is 2.81. The van der Waals surface area contributed by atoms with E-state index >= 15 is 0 Å². The van der Waals surface area contributed by atoms with Gasteiger partial charge in [-0.25, -0.2) is 0 Å². The normalized spacial score (nSPS) is 10.0. The highest BCUT2D eigenvalue weighted by molar-refractivity contribution is 9.18. The van der Waals surface area contributed by atoms with Crippen molar-refractivity contribution in [2.75, 3.05) is 13.7 Å². The largest absolute Gasteiger partial charge is 0.495 e. The fourth-order valence-electron chi connectivity index (χ4n) is 1.32. The smallest absolute Gasteiger partial charge is 0.287 e. The molecule has 16 heavy (non-hydrogen) atoms. The molecule has 0 bridgehead atoms. The number of hydrogen-bond donors (Lipinski definition) is 1. The third-order valence-electron chi connectivity index (χ3n) is 1.95. The second-order valence-electron chi connectivity index (χ2n) is 3.03. The molecule has 1 rings (SSSR count). The standard InChI is InChI=1S/C10H10BrCl2NO2/c1-16-9-6(2-3-14-10(11)15)4-7(12)5-8(9)13/h4-5H,2-3H2,1H3,(H,14,15). The molecule has 0 unspecified atom stereocenters. The van der Waals surface area contributed by atoms with Crippen LogP contribution < -0.4 is 10.1 Å². The van der Waals surface area contributed by atoms with Crippen molar-refractivity contribution < 1.29 is 9.53 Å².